The molecule has 0 aromatic carbocycles. The molecule has 0 rings (SSSR count). The third-order valence-corrected chi connectivity index (χ3v) is 1.93. The lowest BCUT2D eigenvalue weighted by Gasteiger charge is -2.02. The highest BCUT2D eigenvalue weighted by molar-refractivity contribution is 8.13. The van der Waals surface area contributed by atoms with Crippen molar-refractivity contribution in [2.75, 3.05) is 6.26 Å². The predicted octanol–water partition coefficient (Wildman–Crippen LogP) is 2.09. The Balaban J connectivity index is 3.58. The predicted molar refractivity (Wildman–Crippen MR) is 42.5 cm³/mol. The van der Waals surface area contributed by atoms with E-state index in [-0.39, 0.29) is 11.0 Å². The summed E-state index contributed by atoms with van der Waals surface area (Å²) in [5, 5.41) is 0.245. The van der Waals surface area contributed by atoms with Gasteiger partial charge in [0.1, 0.15) is 0 Å². The van der Waals surface area contributed by atoms with Crippen LogP contribution < -0.4 is 0 Å². The molecule has 0 aliphatic rings. The van der Waals surface area contributed by atoms with Gasteiger partial charge in [-0.3, -0.25) is 4.79 Å². The molecule has 0 saturated carbocycles. The van der Waals surface area contributed by atoms with Gasteiger partial charge in [0, 0.05) is 5.92 Å². The van der Waals surface area contributed by atoms with Crippen molar-refractivity contribution >= 4 is 16.9 Å². The molecule has 0 aliphatic heterocycles. The van der Waals surface area contributed by atoms with Gasteiger partial charge in [0.15, 0.2) is 5.12 Å². The van der Waals surface area contributed by atoms with E-state index in [0.717, 1.165) is 6.42 Å². The van der Waals surface area contributed by atoms with Gasteiger partial charge in [0.05, 0.1) is 0 Å². The smallest absolute Gasteiger partial charge is 0.191 e. The third-order valence-electron chi connectivity index (χ3n) is 1.12. The van der Waals surface area contributed by atoms with Crippen molar-refractivity contribution in [1.29, 1.82) is 0 Å². The maximum atomic E-state index is 10.8. The molecule has 0 aromatic rings. The van der Waals surface area contributed by atoms with Gasteiger partial charge in [0.25, 0.3) is 0 Å². The summed E-state index contributed by atoms with van der Waals surface area (Å²) < 4.78 is 0. The van der Waals surface area contributed by atoms with Crippen LogP contribution in [0.5, 0.6) is 0 Å². The minimum absolute atomic E-state index is 0.137. The second-order valence-corrected chi connectivity index (χ2v) is 2.76. The molecule has 0 radical (unpaired) electrons. The first-order chi connectivity index (χ1) is 4.22. The van der Waals surface area contributed by atoms with Crippen LogP contribution in [-0.2, 0) is 4.79 Å². The van der Waals surface area contributed by atoms with E-state index in [4.69, 9.17) is 0 Å². The molecule has 2 heteroatoms. The number of rotatable bonds is 3. The molecular formula is C7H12OS. The number of hydrogen-bond donors (Lipinski definition) is 0. The third kappa shape index (κ3) is 3.36. The maximum Gasteiger partial charge on any atom is 0.191 e. The van der Waals surface area contributed by atoms with Crippen LogP contribution in [0.15, 0.2) is 12.7 Å². The lowest BCUT2D eigenvalue weighted by molar-refractivity contribution is -0.113. The Morgan fingerprint density at radius 2 is 2.44 bits per heavy atom. The van der Waals surface area contributed by atoms with Crippen molar-refractivity contribution in [2.24, 2.45) is 5.92 Å². The summed E-state index contributed by atoms with van der Waals surface area (Å²) in [6.45, 7) is 5.47. The molecule has 0 fully saturated rings. The summed E-state index contributed by atoms with van der Waals surface area (Å²) in [5.41, 5.74) is 0. The minimum atomic E-state index is 0.137. The van der Waals surface area contributed by atoms with Crippen LogP contribution in [0.2, 0.25) is 0 Å². The summed E-state index contributed by atoms with van der Waals surface area (Å²) in [5.74, 6) is 0.137. The summed E-state index contributed by atoms with van der Waals surface area (Å²) in [6.07, 6.45) is 4.38. The molecular weight excluding hydrogens is 132 g/mol. The lowest BCUT2D eigenvalue weighted by Crippen LogP contribution is -2.03. The normalized spacial score (nSPS) is 12.7. The molecule has 52 valence electrons. The van der Waals surface area contributed by atoms with Gasteiger partial charge in [0.2, 0.25) is 0 Å². The quantitative estimate of drug-likeness (QED) is 0.564. The van der Waals surface area contributed by atoms with Gasteiger partial charge < -0.3 is 0 Å². The van der Waals surface area contributed by atoms with Gasteiger partial charge in [-0.25, -0.2) is 0 Å². The molecule has 1 atom stereocenters. The number of carbonyl (C=O) groups excluding carboxylic acids is 1. The molecule has 0 amide bonds. The number of thioether (sulfide) groups is 1. The van der Waals surface area contributed by atoms with Gasteiger partial charge in [-0.15, -0.1) is 6.58 Å². The molecule has 1 nitrogen and oxygen atoms in total. The molecule has 0 bridgehead atoms. The number of hydrogen-bond acceptors (Lipinski definition) is 2. The summed E-state index contributed by atoms with van der Waals surface area (Å²) in [7, 11) is 0. The zero-order chi connectivity index (χ0) is 7.28. The number of carbonyl (C=O) groups is 1. The fourth-order valence-corrected chi connectivity index (χ4v) is 1.05. The largest absolute Gasteiger partial charge is 0.287 e. The monoisotopic (exact) mass is 144 g/mol. The minimum Gasteiger partial charge on any atom is -0.287 e. The Labute approximate surface area is 60.5 Å². The Hall–Kier alpha value is -0.240. The average Bonchev–Trinajstić information content (AvgIpc) is 1.87. The van der Waals surface area contributed by atoms with Crippen LogP contribution in [-0.4, -0.2) is 11.4 Å². The standard InChI is InChI=1S/C7H12OS/c1-4-5-6(2)7(8)9-3/h4,6H,1,5H2,2-3H3. The topological polar surface area (TPSA) is 17.1 Å². The molecule has 0 heterocycles. The van der Waals surface area contributed by atoms with Crippen molar-refractivity contribution in [1.82, 2.24) is 0 Å². The van der Waals surface area contributed by atoms with Gasteiger partial charge >= 0.3 is 0 Å². The van der Waals surface area contributed by atoms with E-state index in [1.54, 1.807) is 6.08 Å². The zero-order valence-corrected chi connectivity index (χ0v) is 6.70. The highest BCUT2D eigenvalue weighted by Gasteiger charge is 2.07. The van der Waals surface area contributed by atoms with Gasteiger partial charge in [-0.1, -0.05) is 24.8 Å². The van der Waals surface area contributed by atoms with Crippen LogP contribution in [0.25, 0.3) is 0 Å². The lowest BCUT2D eigenvalue weighted by atomic mass is 10.1. The molecule has 0 N–H and O–H groups in total. The van der Waals surface area contributed by atoms with E-state index in [1.165, 1.54) is 11.8 Å². The second-order valence-electron chi connectivity index (χ2n) is 1.95. The Morgan fingerprint density at radius 3 is 2.78 bits per heavy atom. The zero-order valence-electron chi connectivity index (χ0n) is 5.89. The van der Waals surface area contributed by atoms with E-state index in [1.807, 2.05) is 13.2 Å². The van der Waals surface area contributed by atoms with Crippen molar-refractivity contribution in [3.8, 4) is 0 Å². The fourth-order valence-electron chi connectivity index (χ4n) is 0.547. The van der Waals surface area contributed by atoms with E-state index in [9.17, 15) is 4.79 Å². The van der Waals surface area contributed by atoms with Crippen molar-refractivity contribution in [3.05, 3.63) is 12.7 Å². The first-order valence-electron chi connectivity index (χ1n) is 2.91. The van der Waals surface area contributed by atoms with E-state index < -0.39 is 0 Å². The van der Waals surface area contributed by atoms with E-state index in [0.29, 0.717) is 0 Å². The van der Waals surface area contributed by atoms with Crippen LogP contribution in [0, 0.1) is 5.92 Å². The molecule has 0 aromatic heterocycles. The van der Waals surface area contributed by atoms with Gasteiger partial charge in [-0.05, 0) is 12.7 Å². The van der Waals surface area contributed by atoms with Crippen LogP contribution in [0.3, 0.4) is 0 Å². The first kappa shape index (κ1) is 8.76. The number of allylic oxidation sites excluding steroid dienone is 1. The molecule has 1 unspecified atom stereocenters. The highest BCUT2D eigenvalue weighted by Crippen LogP contribution is 2.10. The second kappa shape index (κ2) is 4.62. The van der Waals surface area contributed by atoms with Crippen molar-refractivity contribution in [2.45, 2.75) is 13.3 Å². The molecule has 0 spiro atoms. The van der Waals surface area contributed by atoms with E-state index >= 15 is 0 Å². The summed E-state index contributed by atoms with van der Waals surface area (Å²) >= 11 is 1.29. The van der Waals surface area contributed by atoms with Crippen molar-refractivity contribution in [3.63, 3.8) is 0 Å². The fraction of sp³-hybridized carbons (Fsp3) is 0.571. The molecule has 9 heavy (non-hydrogen) atoms. The molecule has 0 aliphatic carbocycles. The first-order valence-corrected chi connectivity index (χ1v) is 4.13. The van der Waals surface area contributed by atoms with Crippen molar-refractivity contribution < 1.29 is 4.79 Å². The highest BCUT2D eigenvalue weighted by atomic mass is 32.2. The SMILES string of the molecule is C=CCC(C)C(=O)SC. The van der Waals surface area contributed by atoms with Crippen LogP contribution in [0.1, 0.15) is 13.3 Å². The average molecular weight is 144 g/mol. The van der Waals surface area contributed by atoms with Gasteiger partial charge in [-0.2, -0.15) is 0 Å². The Bertz CT molecular complexity index is 109. The maximum absolute atomic E-state index is 10.8. The van der Waals surface area contributed by atoms with Crippen LogP contribution in [0.4, 0.5) is 0 Å². The Morgan fingerprint density at radius 1 is 1.89 bits per heavy atom. The van der Waals surface area contributed by atoms with E-state index in [2.05, 4.69) is 6.58 Å². The van der Waals surface area contributed by atoms with Crippen LogP contribution >= 0.6 is 11.8 Å². The molecule has 0 saturated heterocycles. The Kier molecular flexibility index (Phi) is 4.50. The summed E-state index contributed by atoms with van der Waals surface area (Å²) in [6, 6.07) is 0. The summed E-state index contributed by atoms with van der Waals surface area (Å²) in [4.78, 5) is 10.8.